The highest BCUT2D eigenvalue weighted by molar-refractivity contribution is 5.90. The van der Waals surface area contributed by atoms with Gasteiger partial charge in [0.15, 0.2) is 5.82 Å². The summed E-state index contributed by atoms with van der Waals surface area (Å²) < 4.78 is 1.58. The third-order valence-corrected chi connectivity index (χ3v) is 4.20. The van der Waals surface area contributed by atoms with E-state index in [1.807, 2.05) is 12.1 Å². The van der Waals surface area contributed by atoms with Gasteiger partial charge in [0.2, 0.25) is 5.91 Å². The van der Waals surface area contributed by atoms with Gasteiger partial charge in [-0.3, -0.25) is 4.79 Å². The third-order valence-electron chi connectivity index (χ3n) is 4.20. The van der Waals surface area contributed by atoms with Crippen LogP contribution in [-0.4, -0.2) is 25.7 Å². The molecule has 1 aliphatic carbocycles. The summed E-state index contributed by atoms with van der Waals surface area (Å²) in [6.45, 7) is 2.27. The van der Waals surface area contributed by atoms with E-state index in [4.69, 9.17) is 0 Å². The SMILES string of the molecule is C[C@@H]1CCC[C@H](CC(=O)Nc2ccc(-n3cncn3)nc2)C1. The molecule has 0 unspecified atom stereocenters. The average Bonchev–Trinajstić information content (AvgIpc) is 3.02. The Balaban J connectivity index is 1.55. The minimum absolute atomic E-state index is 0.0782. The summed E-state index contributed by atoms with van der Waals surface area (Å²) in [7, 11) is 0. The highest BCUT2D eigenvalue weighted by atomic mass is 16.1. The van der Waals surface area contributed by atoms with Crippen molar-refractivity contribution in [3.8, 4) is 5.82 Å². The van der Waals surface area contributed by atoms with Crippen molar-refractivity contribution in [1.29, 1.82) is 0 Å². The highest BCUT2D eigenvalue weighted by Gasteiger charge is 2.21. The molecule has 22 heavy (non-hydrogen) atoms. The maximum absolute atomic E-state index is 12.1. The summed E-state index contributed by atoms with van der Waals surface area (Å²) >= 11 is 0. The Morgan fingerprint density at radius 1 is 1.41 bits per heavy atom. The maximum atomic E-state index is 12.1. The van der Waals surface area contributed by atoms with Crippen molar-refractivity contribution in [3.63, 3.8) is 0 Å². The van der Waals surface area contributed by atoms with E-state index >= 15 is 0 Å². The van der Waals surface area contributed by atoms with Crippen LogP contribution in [0.4, 0.5) is 5.69 Å². The lowest BCUT2D eigenvalue weighted by Crippen LogP contribution is -2.21. The average molecular weight is 299 g/mol. The fraction of sp³-hybridized carbons (Fsp3) is 0.500. The van der Waals surface area contributed by atoms with E-state index in [0.29, 0.717) is 18.2 Å². The molecule has 1 aliphatic rings. The molecule has 0 saturated heterocycles. The summed E-state index contributed by atoms with van der Waals surface area (Å²) in [6.07, 6.45) is 10.2. The number of carbonyl (C=O) groups is 1. The van der Waals surface area contributed by atoms with Crippen molar-refractivity contribution in [2.75, 3.05) is 5.32 Å². The molecular formula is C16H21N5O. The lowest BCUT2D eigenvalue weighted by Gasteiger charge is -2.26. The fourth-order valence-corrected chi connectivity index (χ4v) is 3.14. The first-order valence-corrected chi connectivity index (χ1v) is 7.81. The number of amides is 1. The molecule has 2 aromatic rings. The van der Waals surface area contributed by atoms with Crippen molar-refractivity contribution in [1.82, 2.24) is 19.7 Å². The number of hydrogen-bond donors (Lipinski definition) is 1. The van der Waals surface area contributed by atoms with Crippen molar-refractivity contribution in [3.05, 3.63) is 31.0 Å². The van der Waals surface area contributed by atoms with Gasteiger partial charge in [0, 0.05) is 6.42 Å². The second-order valence-electron chi connectivity index (χ2n) is 6.14. The van der Waals surface area contributed by atoms with E-state index in [1.54, 1.807) is 17.2 Å². The quantitative estimate of drug-likeness (QED) is 0.942. The van der Waals surface area contributed by atoms with Gasteiger partial charge >= 0.3 is 0 Å². The molecule has 2 atom stereocenters. The summed E-state index contributed by atoms with van der Waals surface area (Å²) in [5, 5.41) is 6.95. The fourth-order valence-electron chi connectivity index (χ4n) is 3.14. The predicted octanol–water partition coefficient (Wildman–Crippen LogP) is 2.82. The second-order valence-corrected chi connectivity index (χ2v) is 6.14. The van der Waals surface area contributed by atoms with Crippen LogP contribution in [0.1, 0.15) is 39.0 Å². The summed E-state index contributed by atoms with van der Waals surface area (Å²) in [5.41, 5.74) is 0.720. The van der Waals surface area contributed by atoms with Crippen LogP contribution in [0, 0.1) is 11.8 Å². The van der Waals surface area contributed by atoms with Crippen LogP contribution in [0.15, 0.2) is 31.0 Å². The highest BCUT2D eigenvalue weighted by Crippen LogP contribution is 2.30. The van der Waals surface area contributed by atoms with Crippen LogP contribution in [0.25, 0.3) is 5.82 Å². The van der Waals surface area contributed by atoms with E-state index in [-0.39, 0.29) is 5.91 Å². The Kier molecular flexibility index (Phi) is 4.46. The van der Waals surface area contributed by atoms with Gasteiger partial charge in [-0.25, -0.2) is 14.6 Å². The van der Waals surface area contributed by atoms with Gasteiger partial charge in [0.25, 0.3) is 0 Å². The molecule has 1 amide bonds. The molecule has 1 saturated carbocycles. The van der Waals surface area contributed by atoms with Crippen LogP contribution < -0.4 is 5.32 Å². The van der Waals surface area contributed by atoms with Gasteiger partial charge < -0.3 is 5.32 Å². The molecule has 1 N–H and O–H groups in total. The van der Waals surface area contributed by atoms with Crippen LogP contribution in [-0.2, 0) is 4.79 Å². The van der Waals surface area contributed by atoms with Crippen molar-refractivity contribution in [2.24, 2.45) is 11.8 Å². The molecule has 2 heterocycles. The Labute approximate surface area is 130 Å². The molecule has 0 aromatic carbocycles. The zero-order valence-electron chi connectivity index (χ0n) is 12.8. The lowest BCUT2D eigenvalue weighted by atomic mass is 9.81. The largest absolute Gasteiger partial charge is 0.325 e. The topological polar surface area (TPSA) is 72.7 Å². The van der Waals surface area contributed by atoms with Crippen molar-refractivity contribution < 1.29 is 4.79 Å². The third kappa shape index (κ3) is 3.69. The molecular weight excluding hydrogens is 278 g/mol. The zero-order valence-corrected chi connectivity index (χ0v) is 12.8. The van der Waals surface area contributed by atoms with Crippen LogP contribution in [0.5, 0.6) is 0 Å². The van der Waals surface area contributed by atoms with Crippen LogP contribution in [0.2, 0.25) is 0 Å². The maximum Gasteiger partial charge on any atom is 0.224 e. The molecule has 0 radical (unpaired) electrons. The number of rotatable bonds is 4. The second kappa shape index (κ2) is 6.68. The molecule has 0 bridgehead atoms. The number of anilines is 1. The Bertz CT molecular complexity index is 608. The Morgan fingerprint density at radius 3 is 3.00 bits per heavy atom. The first-order chi connectivity index (χ1) is 10.7. The van der Waals surface area contributed by atoms with Crippen LogP contribution in [0.3, 0.4) is 0 Å². The first kappa shape index (κ1) is 14.7. The molecule has 3 rings (SSSR count). The molecule has 0 spiro atoms. The number of pyridine rings is 1. The summed E-state index contributed by atoms with van der Waals surface area (Å²) in [6, 6.07) is 3.65. The Morgan fingerprint density at radius 2 is 2.32 bits per heavy atom. The van der Waals surface area contributed by atoms with Gasteiger partial charge in [-0.1, -0.05) is 19.8 Å². The number of aromatic nitrogens is 4. The van der Waals surface area contributed by atoms with E-state index < -0.39 is 0 Å². The van der Waals surface area contributed by atoms with Crippen molar-refractivity contribution >= 4 is 11.6 Å². The smallest absolute Gasteiger partial charge is 0.224 e. The molecule has 1 fully saturated rings. The lowest BCUT2D eigenvalue weighted by molar-refractivity contribution is -0.117. The van der Waals surface area contributed by atoms with E-state index in [0.717, 1.165) is 18.0 Å². The van der Waals surface area contributed by atoms with Crippen LogP contribution >= 0.6 is 0 Å². The summed E-state index contributed by atoms with van der Waals surface area (Å²) in [4.78, 5) is 20.3. The predicted molar refractivity (Wildman–Crippen MR) is 83.5 cm³/mol. The number of nitrogens with one attached hydrogen (secondary N) is 1. The number of nitrogens with zero attached hydrogens (tertiary/aromatic N) is 4. The van der Waals surface area contributed by atoms with Gasteiger partial charge in [-0.2, -0.15) is 5.10 Å². The minimum atomic E-state index is 0.0782. The molecule has 0 aliphatic heterocycles. The monoisotopic (exact) mass is 299 g/mol. The molecule has 116 valence electrons. The normalized spacial score (nSPS) is 21.5. The molecule has 6 heteroatoms. The van der Waals surface area contributed by atoms with E-state index in [9.17, 15) is 4.79 Å². The van der Waals surface area contributed by atoms with Crippen molar-refractivity contribution in [2.45, 2.75) is 39.0 Å². The Hall–Kier alpha value is -2.24. The van der Waals surface area contributed by atoms with Gasteiger partial charge in [-0.15, -0.1) is 0 Å². The van der Waals surface area contributed by atoms with E-state index in [2.05, 4.69) is 27.3 Å². The molecule has 6 nitrogen and oxygen atoms in total. The van der Waals surface area contributed by atoms with E-state index in [1.165, 1.54) is 25.6 Å². The van der Waals surface area contributed by atoms with Gasteiger partial charge in [0.1, 0.15) is 12.7 Å². The number of hydrogen-bond acceptors (Lipinski definition) is 4. The van der Waals surface area contributed by atoms with Gasteiger partial charge in [0.05, 0.1) is 11.9 Å². The molecule has 2 aromatic heterocycles. The minimum Gasteiger partial charge on any atom is -0.325 e. The van der Waals surface area contributed by atoms with Gasteiger partial charge in [-0.05, 0) is 36.8 Å². The summed E-state index contributed by atoms with van der Waals surface area (Å²) in [5.74, 6) is 2.02. The first-order valence-electron chi connectivity index (χ1n) is 7.81. The number of carbonyl (C=O) groups excluding carboxylic acids is 1. The zero-order chi connectivity index (χ0) is 15.4. The standard InChI is InChI=1S/C16H21N5O/c1-12-3-2-4-13(7-12)8-16(22)20-14-5-6-15(18-9-14)21-11-17-10-19-21/h5-6,9-13H,2-4,7-8H2,1H3,(H,20,22)/t12-,13+/m1/s1.